The fourth-order valence-corrected chi connectivity index (χ4v) is 4.91. The molecule has 7 heteroatoms. The van der Waals surface area contributed by atoms with Gasteiger partial charge in [-0.1, -0.05) is 12.8 Å². The van der Waals surface area contributed by atoms with Gasteiger partial charge in [0.2, 0.25) is 0 Å². The summed E-state index contributed by atoms with van der Waals surface area (Å²) in [5.41, 5.74) is 0. The van der Waals surface area contributed by atoms with Gasteiger partial charge in [-0.05, 0) is 26.2 Å². The van der Waals surface area contributed by atoms with Crippen molar-refractivity contribution in [2.45, 2.75) is 45.1 Å². The molecule has 0 aromatic carbocycles. The van der Waals surface area contributed by atoms with Crippen molar-refractivity contribution in [3.8, 4) is 0 Å². The minimum atomic E-state index is -3.50. The predicted octanol–water partition coefficient (Wildman–Crippen LogP) is 0.902. The van der Waals surface area contributed by atoms with Crippen LogP contribution in [0.5, 0.6) is 0 Å². The average molecular weight is 290 g/mol. The van der Waals surface area contributed by atoms with E-state index >= 15 is 0 Å². The second kappa shape index (κ2) is 5.76. The molecule has 2 saturated heterocycles. The van der Waals surface area contributed by atoms with Gasteiger partial charge in [0.25, 0.3) is 10.2 Å². The molecule has 2 fully saturated rings. The Kier molecular flexibility index (Phi) is 4.47. The molecular formula is C12H22N2O4S. The molecule has 0 aliphatic carbocycles. The number of aliphatic carboxylic acids is 1. The molecule has 2 heterocycles. The minimum Gasteiger partial charge on any atom is -0.481 e. The zero-order valence-corrected chi connectivity index (χ0v) is 12.1. The third-order valence-electron chi connectivity index (χ3n) is 4.20. The molecule has 0 aromatic rings. The van der Waals surface area contributed by atoms with Gasteiger partial charge < -0.3 is 5.11 Å². The maximum Gasteiger partial charge on any atom is 0.308 e. The van der Waals surface area contributed by atoms with Crippen LogP contribution in [0.2, 0.25) is 0 Å². The van der Waals surface area contributed by atoms with Crippen LogP contribution < -0.4 is 0 Å². The molecule has 2 unspecified atom stereocenters. The van der Waals surface area contributed by atoms with Crippen LogP contribution in [0.3, 0.4) is 0 Å². The number of carboxylic acids is 1. The van der Waals surface area contributed by atoms with E-state index in [-0.39, 0.29) is 0 Å². The number of hydrogen-bond acceptors (Lipinski definition) is 3. The molecule has 110 valence electrons. The summed E-state index contributed by atoms with van der Waals surface area (Å²) in [6, 6.07) is -0.453. The summed E-state index contributed by atoms with van der Waals surface area (Å²) in [6.45, 7) is 3.13. The van der Waals surface area contributed by atoms with E-state index in [9.17, 15) is 13.2 Å². The summed E-state index contributed by atoms with van der Waals surface area (Å²) in [7, 11) is -3.50. The standard InChI is InChI=1S/C12H22N2O4S/c1-10-11(12(15)16)6-9-14(10)19(17,18)13-7-4-2-3-5-8-13/h10-11H,2-9H2,1H3,(H,15,16). The third kappa shape index (κ3) is 2.93. The first-order chi connectivity index (χ1) is 8.94. The first-order valence-corrected chi connectivity index (χ1v) is 8.34. The van der Waals surface area contributed by atoms with Gasteiger partial charge in [0.05, 0.1) is 5.92 Å². The highest BCUT2D eigenvalue weighted by atomic mass is 32.2. The quantitative estimate of drug-likeness (QED) is 0.838. The Morgan fingerprint density at radius 1 is 1.11 bits per heavy atom. The highest BCUT2D eigenvalue weighted by Gasteiger charge is 2.43. The van der Waals surface area contributed by atoms with Gasteiger partial charge in [-0.15, -0.1) is 0 Å². The van der Waals surface area contributed by atoms with Crippen LogP contribution in [0.25, 0.3) is 0 Å². The summed E-state index contributed by atoms with van der Waals surface area (Å²) < 4.78 is 28.1. The van der Waals surface area contributed by atoms with Gasteiger partial charge in [0.1, 0.15) is 0 Å². The van der Waals surface area contributed by atoms with E-state index in [2.05, 4.69) is 0 Å². The van der Waals surface area contributed by atoms with E-state index in [0.717, 1.165) is 25.7 Å². The van der Waals surface area contributed by atoms with Crippen molar-refractivity contribution in [3.63, 3.8) is 0 Å². The van der Waals surface area contributed by atoms with Crippen molar-refractivity contribution >= 4 is 16.2 Å². The van der Waals surface area contributed by atoms with Crippen LogP contribution in [0.15, 0.2) is 0 Å². The highest BCUT2D eigenvalue weighted by molar-refractivity contribution is 7.86. The summed E-state index contributed by atoms with van der Waals surface area (Å²) in [5, 5.41) is 9.09. The molecule has 6 nitrogen and oxygen atoms in total. The van der Waals surface area contributed by atoms with Crippen LogP contribution in [0.4, 0.5) is 0 Å². The number of carbonyl (C=O) groups is 1. The zero-order chi connectivity index (χ0) is 14.0. The monoisotopic (exact) mass is 290 g/mol. The van der Waals surface area contributed by atoms with E-state index in [1.165, 1.54) is 8.61 Å². The first-order valence-electron chi connectivity index (χ1n) is 6.94. The SMILES string of the molecule is CC1C(C(=O)O)CCN1S(=O)(=O)N1CCCCCC1. The Balaban J connectivity index is 2.13. The lowest BCUT2D eigenvalue weighted by molar-refractivity contribution is -0.142. The van der Waals surface area contributed by atoms with Crippen LogP contribution in [0.1, 0.15) is 39.0 Å². The van der Waals surface area contributed by atoms with Gasteiger partial charge in [0.15, 0.2) is 0 Å². The van der Waals surface area contributed by atoms with Crippen molar-refractivity contribution in [2.75, 3.05) is 19.6 Å². The molecule has 2 rings (SSSR count). The van der Waals surface area contributed by atoms with Gasteiger partial charge in [-0.2, -0.15) is 17.0 Å². The minimum absolute atomic E-state index is 0.316. The third-order valence-corrected chi connectivity index (χ3v) is 6.33. The van der Waals surface area contributed by atoms with Crippen molar-refractivity contribution in [2.24, 2.45) is 5.92 Å². The number of carboxylic acid groups (broad SMARTS) is 1. The fourth-order valence-electron chi connectivity index (χ4n) is 2.99. The van der Waals surface area contributed by atoms with Gasteiger partial charge >= 0.3 is 5.97 Å². The molecule has 0 saturated carbocycles. The maximum absolute atomic E-state index is 12.6. The molecule has 0 amide bonds. The van der Waals surface area contributed by atoms with Crippen molar-refractivity contribution in [1.82, 2.24) is 8.61 Å². The molecule has 0 aromatic heterocycles. The molecule has 0 radical (unpaired) electrons. The Morgan fingerprint density at radius 3 is 2.16 bits per heavy atom. The van der Waals surface area contributed by atoms with E-state index in [4.69, 9.17) is 5.11 Å². The molecule has 2 aliphatic rings. The zero-order valence-electron chi connectivity index (χ0n) is 11.3. The lowest BCUT2D eigenvalue weighted by atomic mass is 10.0. The van der Waals surface area contributed by atoms with Crippen LogP contribution in [-0.2, 0) is 15.0 Å². The van der Waals surface area contributed by atoms with E-state index in [1.54, 1.807) is 6.92 Å². The number of nitrogens with zero attached hydrogens (tertiary/aromatic N) is 2. The molecule has 19 heavy (non-hydrogen) atoms. The average Bonchev–Trinajstić information content (AvgIpc) is 2.58. The lowest BCUT2D eigenvalue weighted by Crippen LogP contribution is -2.47. The van der Waals surface area contributed by atoms with E-state index in [0.29, 0.717) is 26.1 Å². The summed E-state index contributed by atoms with van der Waals surface area (Å²) >= 11 is 0. The van der Waals surface area contributed by atoms with Crippen LogP contribution in [0, 0.1) is 5.92 Å². The van der Waals surface area contributed by atoms with Crippen molar-refractivity contribution < 1.29 is 18.3 Å². The molecule has 2 aliphatic heterocycles. The highest BCUT2D eigenvalue weighted by Crippen LogP contribution is 2.29. The Bertz CT molecular complexity index is 429. The molecule has 1 N–H and O–H groups in total. The van der Waals surface area contributed by atoms with Crippen molar-refractivity contribution in [1.29, 1.82) is 0 Å². The topological polar surface area (TPSA) is 77.9 Å². The van der Waals surface area contributed by atoms with Gasteiger partial charge in [0, 0.05) is 25.7 Å². The van der Waals surface area contributed by atoms with E-state index < -0.39 is 28.1 Å². The predicted molar refractivity (Wildman–Crippen MR) is 70.9 cm³/mol. The van der Waals surface area contributed by atoms with Crippen LogP contribution in [-0.4, -0.2) is 53.8 Å². The number of hydrogen-bond donors (Lipinski definition) is 1. The fraction of sp³-hybridized carbons (Fsp3) is 0.917. The Hall–Kier alpha value is -0.660. The maximum atomic E-state index is 12.6. The lowest BCUT2D eigenvalue weighted by Gasteiger charge is -2.29. The summed E-state index contributed by atoms with van der Waals surface area (Å²) in [4.78, 5) is 11.1. The molecular weight excluding hydrogens is 268 g/mol. The summed E-state index contributed by atoms with van der Waals surface area (Å²) in [5.74, 6) is -1.48. The normalized spacial score (nSPS) is 31.2. The Labute approximate surface area is 114 Å². The van der Waals surface area contributed by atoms with E-state index in [1.807, 2.05) is 0 Å². The van der Waals surface area contributed by atoms with Gasteiger partial charge in [-0.3, -0.25) is 4.79 Å². The Morgan fingerprint density at radius 2 is 1.68 bits per heavy atom. The summed E-state index contributed by atoms with van der Waals surface area (Å²) in [6.07, 6.45) is 4.33. The second-order valence-corrected chi connectivity index (χ2v) is 7.29. The molecule has 0 bridgehead atoms. The number of rotatable bonds is 3. The van der Waals surface area contributed by atoms with Crippen molar-refractivity contribution in [3.05, 3.63) is 0 Å². The smallest absolute Gasteiger partial charge is 0.308 e. The van der Waals surface area contributed by atoms with Gasteiger partial charge in [-0.25, -0.2) is 0 Å². The molecule has 0 spiro atoms. The van der Waals surface area contributed by atoms with Crippen LogP contribution >= 0.6 is 0 Å². The molecule has 2 atom stereocenters. The largest absolute Gasteiger partial charge is 0.481 e. The second-order valence-electron chi connectivity index (χ2n) is 5.41. The first kappa shape index (κ1) is 14.7.